The van der Waals surface area contributed by atoms with E-state index in [4.69, 9.17) is 21.1 Å². The van der Waals surface area contributed by atoms with Crippen LogP contribution in [-0.4, -0.2) is 49.3 Å². The second-order valence-electron chi connectivity index (χ2n) is 12.6. The first-order valence-electron chi connectivity index (χ1n) is 15.6. The van der Waals surface area contributed by atoms with Crippen molar-refractivity contribution in [3.63, 3.8) is 0 Å². The maximum atomic E-state index is 13.4. The predicted octanol–water partition coefficient (Wildman–Crippen LogP) is 8.05. The van der Waals surface area contributed by atoms with Crippen molar-refractivity contribution in [3.05, 3.63) is 58.1 Å². The lowest BCUT2D eigenvalue weighted by Gasteiger charge is -2.29. The first-order valence-corrected chi connectivity index (χ1v) is 16.0. The second kappa shape index (κ2) is 14.0. The topological polar surface area (TPSA) is 93.7 Å². The van der Waals surface area contributed by atoms with E-state index in [0.29, 0.717) is 50.2 Å². The fourth-order valence-corrected chi connectivity index (χ4v) is 6.34. The molecule has 256 valence electrons. The molecule has 0 radical (unpaired) electrons. The van der Waals surface area contributed by atoms with Gasteiger partial charge >= 0.3 is 12.4 Å². The van der Waals surface area contributed by atoms with E-state index >= 15 is 0 Å². The smallest absolute Gasteiger partial charge is 0.403 e. The van der Waals surface area contributed by atoms with Gasteiger partial charge in [0, 0.05) is 25.1 Å². The minimum Gasteiger partial charge on any atom is -0.487 e. The molecule has 3 fully saturated rings. The molecule has 2 aromatic rings. The minimum atomic E-state index is -4.65. The van der Waals surface area contributed by atoms with E-state index in [1.807, 2.05) is 0 Å². The van der Waals surface area contributed by atoms with Gasteiger partial charge in [-0.3, -0.25) is 14.4 Å². The van der Waals surface area contributed by atoms with E-state index in [1.165, 1.54) is 24.3 Å². The van der Waals surface area contributed by atoms with Gasteiger partial charge in [-0.15, -0.1) is 0 Å². The SMILES string of the molecule is O=C(Nc1ccc(OC2CCOC2)c(C(=O)CCC2CCC(C(F)(F)F)CC2)c1)c1cc(CNC(=O)C2(C(F)(F)F)CC2)ccc1Cl. The predicted molar refractivity (Wildman–Crippen MR) is 160 cm³/mol. The molecule has 14 heteroatoms. The number of ketones is 1. The summed E-state index contributed by atoms with van der Waals surface area (Å²) in [4.78, 5) is 39.0. The molecular weight excluding hydrogens is 654 g/mol. The van der Waals surface area contributed by atoms with Gasteiger partial charge in [0.2, 0.25) is 5.91 Å². The van der Waals surface area contributed by atoms with Crippen LogP contribution in [0.5, 0.6) is 5.75 Å². The van der Waals surface area contributed by atoms with Gasteiger partial charge in [-0.1, -0.05) is 17.7 Å². The van der Waals surface area contributed by atoms with E-state index in [1.54, 1.807) is 12.1 Å². The Kier molecular flexibility index (Phi) is 10.5. The van der Waals surface area contributed by atoms with Gasteiger partial charge in [0.05, 0.1) is 35.3 Å². The monoisotopic (exact) mass is 688 g/mol. The molecule has 0 bridgehead atoms. The van der Waals surface area contributed by atoms with Gasteiger partial charge in [0.25, 0.3) is 5.91 Å². The summed E-state index contributed by atoms with van der Waals surface area (Å²) < 4.78 is 90.5. The number of hydrogen-bond acceptors (Lipinski definition) is 5. The number of benzene rings is 2. The molecule has 2 amide bonds. The van der Waals surface area contributed by atoms with Crippen LogP contribution in [0.3, 0.4) is 0 Å². The van der Waals surface area contributed by atoms with Gasteiger partial charge in [0.15, 0.2) is 5.78 Å². The van der Waals surface area contributed by atoms with Crippen molar-refractivity contribution in [2.24, 2.45) is 17.3 Å². The number of amides is 2. The first-order chi connectivity index (χ1) is 22.2. The normalized spacial score (nSPS) is 22.4. The lowest BCUT2D eigenvalue weighted by atomic mass is 9.79. The molecule has 1 atom stereocenters. The Morgan fingerprint density at radius 3 is 2.28 bits per heavy atom. The summed E-state index contributed by atoms with van der Waals surface area (Å²) in [6.07, 6.45) is -7.66. The molecular formula is C33H35ClF6N2O5. The molecule has 3 aliphatic rings. The largest absolute Gasteiger partial charge is 0.487 e. The zero-order valence-corrected chi connectivity index (χ0v) is 26.1. The Labute approximate surface area is 272 Å². The van der Waals surface area contributed by atoms with Gasteiger partial charge in [-0.25, -0.2) is 0 Å². The number of alkyl halides is 6. The maximum Gasteiger partial charge on any atom is 0.403 e. The average Bonchev–Trinajstić information content (AvgIpc) is 3.70. The Hall–Kier alpha value is -3.32. The van der Waals surface area contributed by atoms with Crippen molar-refractivity contribution >= 4 is 34.9 Å². The maximum absolute atomic E-state index is 13.4. The van der Waals surface area contributed by atoms with Crippen LogP contribution in [0.15, 0.2) is 36.4 Å². The third-order valence-electron chi connectivity index (χ3n) is 9.26. The number of halogens is 7. The Bertz CT molecular complexity index is 1480. The molecule has 0 aromatic heterocycles. The summed E-state index contributed by atoms with van der Waals surface area (Å²) in [6, 6.07) is 8.81. The summed E-state index contributed by atoms with van der Waals surface area (Å²) in [5.41, 5.74) is -1.56. The Morgan fingerprint density at radius 1 is 0.936 bits per heavy atom. The van der Waals surface area contributed by atoms with Gasteiger partial charge in [-0.05, 0) is 86.8 Å². The van der Waals surface area contributed by atoms with Crippen molar-refractivity contribution in [3.8, 4) is 5.75 Å². The highest BCUT2D eigenvalue weighted by Gasteiger charge is 2.68. The molecule has 2 aromatic carbocycles. The number of carbonyl (C=O) groups is 3. The van der Waals surface area contributed by atoms with Crippen molar-refractivity contribution < 1.29 is 50.2 Å². The third-order valence-corrected chi connectivity index (χ3v) is 9.59. The lowest BCUT2D eigenvalue weighted by molar-refractivity contribution is -0.192. The van der Waals surface area contributed by atoms with Crippen LogP contribution in [-0.2, 0) is 16.1 Å². The van der Waals surface area contributed by atoms with Crippen LogP contribution in [0.4, 0.5) is 32.0 Å². The third kappa shape index (κ3) is 8.40. The quantitative estimate of drug-likeness (QED) is 0.184. The van der Waals surface area contributed by atoms with Crippen LogP contribution >= 0.6 is 11.6 Å². The van der Waals surface area contributed by atoms with Gasteiger partial charge in [-0.2, -0.15) is 26.3 Å². The molecule has 2 N–H and O–H groups in total. The number of nitrogens with one attached hydrogen (secondary N) is 2. The molecule has 1 saturated heterocycles. The fraction of sp³-hybridized carbons (Fsp3) is 0.545. The molecule has 2 aliphatic carbocycles. The molecule has 5 rings (SSSR count). The molecule has 47 heavy (non-hydrogen) atoms. The number of rotatable bonds is 11. The summed E-state index contributed by atoms with van der Waals surface area (Å²) >= 11 is 6.27. The molecule has 2 saturated carbocycles. The molecule has 1 unspecified atom stereocenters. The fourth-order valence-electron chi connectivity index (χ4n) is 6.13. The van der Waals surface area contributed by atoms with Crippen LogP contribution < -0.4 is 15.4 Å². The van der Waals surface area contributed by atoms with Gasteiger partial charge in [0.1, 0.15) is 17.3 Å². The van der Waals surface area contributed by atoms with Crippen LogP contribution in [0.25, 0.3) is 0 Å². The highest BCUT2D eigenvalue weighted by atomic mass is 35.5. The Balaban J connectivity index is 1.25. The van der Waals surface area contributed by atoms with E-state index in [2.05, 4.69) is 10.6 Å². The standard InChI is InChI=1S/C33H35ClF6N2O5/c34-26-8-3-20(17-41-30(45)31(12-13-31)33(38,39)40)15-24(26)29(44)42-22-7-10-28(47-23-11-14-46-18-23)25(16-22)27(43)9-4-19-1-5-21(6-2-19)32(35,36)37/h3,7-8,10,15-16,19,21,23H,1-2,4-6,9,11-14,17-18H2,(H,41,45)(H,42,44). The van der Waals surface area contributed by atoms with Crippen LogP contribution in [0, 0.1) is 17.3 Å². The number of hydrogen-bond donors (Lipinski definition) is 2. The molecule has 0 spiro atoms. The lowest BCUT2D eigenvalue weighted by Crippen LogP contribution is -2.40. The van der Waals surface area contributed by atoms with Crippen molar-refractivity contribution in [2.45, 2.75) is 82.8 Å². The van der Waals surface area contributed by atoms with Crippen LogP contribution in [0.1, 0.15) is 84.1 Å². The summed E-state index contributed by atoms with van der Waals surface area (Å²) in [7, 11) is 0. The highest BCUT2D eigenvalue weighted by molar-refractivity contribution is 6.34. The zero-order valence-electron chi connectivity index (χ0n) is 25.4. The van der Waals surface area contributed by atoms with Gasteiger partial charge < -0.3 is 20.1 Å². The van der Waals surface area contributed by atoms with E-state index < -0.39 is 35.5 Å². The summed E-state index contributed by atoms with van der Waals surface area (Å²) in [5.74, 6) is -3.07. The number of ether oxygens (including phenoxy) is 2. The first kappa shape index (κ1) is 35.0. The summed E-state index contributed by atoms with van der Waals surface area (Å²) in [6.45, 7) is 0.609. The Morgan fingerprint density at radius 2 is 1.66 bits per heavy atom. The number of carbonyl (C=O) groups excluding carboxylic acids is 3. The van der Waals surface area contributed by atoms with Crippen molar-refractivity contribution in [2.75, 3.05) is 18.5 Å². The number of anilines is 1. The van der Waals surface area contributed by atoms with Crippen LogP contribution in [0.2, 0.25) is 5.02 Å². The van der Waals surface area contributed by atoms with E-state index in [0.717, 1.165) is 0 Å². The second-order valence-corrected chi connectivity index (χ2v) is 13.0. The summed E-state index contributed by atoms with van der Waals surface area (Å²) in [5, 5.41) is 5.05. The molecule has 1 heterocycles. The van der Waals surface area contributed by atoms with Crippen molar-refractivity contribution in [1.82, 2.24) is 5.32 Å². The van der Waals surface area contributed by atoms with E-state index in [9.17, 15) is 40.7 Å². The molecule has 7 nitrogen and oxygen atoms in total. The van der Waals surface area contributed by atoms with Crippen molar-refractivity contribution in [1.29, 1.82) is 0 Å². The zero-order chi connectivity index (χ0) is 34.0. The average molecular weight is 689 g/mol. The highest BCUT2D eigenvalue weighted by Crippen LogP contribution is 2.57. The minimum absolute atomic E-state index is 0.00105. The van der Waals surface area contributed by atoms with E-state index in [-0.39, 0.29) is 78.3 Å². The number of Topliss-reactive ketones (excluding diaryl/α,β-unsaturated/α-hetero) is 1. The molecule has 1 aliphatic heterocycles.